The number of carbonyl (C=O) groups excluding carboxylic acids is 2. The highest BCUT2D eigenvalue weighted by Gasteiger charge is 2.37. The van der Waals surface area contributed by atoms with E-state index in [1.54, 1.807) is 12.1 Å². The summed E-state index contributed by atoms with van der Waals surface area (Å²) in [7, 11) is 2.74. The number of hydrogen-bond donors (Lipinski definition) is 1. The number of nitrogens with zero attached hydrogens (tertiary/aromatic N) is 1. The molecule has 0 radical (unpaired) electrons. The molecule has 1 saturated heterocycles. The summed E-state index contributed by atoms with van der Waals surface area (Å²) >= 11 is 0.763. The number of ether oxygens (including phenoxy) is 2. The molecule has 0 aliphatic carbocycles. The molecule has 0 bridgehead atoms. The van der Waals surface area contributed by atoms with Crippen molar-refractivity contribution in [2.75, 3.05) is 19.1 Å². The van der Waals surface area contributed by atoms with Gasteiger partial charge in [0.1, 0.15) is 5.56 Å². The molecule has 29 heavy (non-hydrogen) atoms. The molecular weight excluding hydrogens is 394 g/mol. The van der Waals surface area contributed by atoms with Gasteiger partial charge in [0.25, 0.3) is 11.1 Å². The normalized spacial score (nSPS) is 15.2. The third-order valence-electron chi connectivity index (χ3n) is 4.48. The van der Waals surface area contributed by atoms with Gasteiger partial charge in [0, 0.05) is 0 Å². The van der Waals surface area contributed by atoms with Crippen LogP contribution >= 0.6 is 11.8 Å². The fourth-order valence-corrected chi connectivity index (χ4v) is 3.89. The lowest BCUT2D eigenvalue weighted by atomic mass is 10.0. The first-order chi connectivity index (χ1) is 13.8. The third-order valence-corrected chi connectivity index (χ3v) is 5.35. The SMILES string of the molecule is COc1ccc(/C=C2/SC(=O)N(c3cc(C)ccc3C)C2=O)c(C(=O)O)c1OC. The molecule has 150 valence electrons. The van der Waals surface area contributed by atoms with Gasteiger partial charge in [0.15, 0.2) is 11.5 Å². The lowest BCUT2D eigenvalue weighted by Crippen LogP contribution is -2.28. The summed E-state index contributed by atoms with van der Waals surface area (Å²) in [5, 5.41) is 9.21. The molecule has 3 rings (SSSR count). The number of hydrogen-bond acceptors (Lipinski definition) is 6. The quantitative estimate of drug-likeness (QED) is 0.732. The molecule has 0 aromatic heterocycles. The standard InChI is InChI=1S/C21H19NO6S/c1-11-5-6-12(2)14(9-11)22-19(23)16(29-21(22)26)10-13-7-8-15(27-3)18(28-4)17(13)20(24)25/h5-10H,1-4H3,(H,24,25)/b16-10+. The van der Waals surface area contributed by atoms with Gasteiger partial charge in [-0.25, -0.2) is 9.69 Å². The van der Waals surface area contributed by atoms with Crippen molar-refractivity contribution < 1.29 is 29.0 Å². The molecule has 1 aliphatic heterocycles. The minimum atomic E-state index is -1.24. The van der Waals surface area contributed by atoms with E-state index in [1.165, 1.54) is 26.4 Å². The predicted molar refractivity (Wildman–Crippen MR) is 111 cm³/mol. The molecule has 1 heterocycles. The number of anilines is 1. The van der Waals surface area contributed by atoms with E-state index in [1.807, 2.05) is 26.0 Å². The van der Waals surface area contributed by atoms with E-state index in [4.69, 9.17) is 9.47 Å². The topological polar surface area (TPSA) is 93.1 Å². The number of methoxy groups -OCH3 is 2. The van der Waals surface area contributed by atoms with Gasteiger partial charge < -0.3 is 14.6 Å². The van der Waals surface area contributed by atoms with Crippen molar-refractivity contribution in [3.63, 3.8) is 0 Å². The number of carboxylic acids is 1. The second-order valence-corrected chi connectivity index (χ2v) is 7.37. The lowest BCUT2D eigenvalue weighted by molar-refractivity contribution is -0.113. The van der Waals surface area contributed by atoms with Gasteiger partial charge in [0.2, 0.25) is 0 Å². The van der Waals surface area contributed by atoms with Crippen molar-refractivity contribution in [2.45, 2.75) is 13.8 Å². The Morgan fingerprint density at radius 3 is 2.45 bits per heavy atom. The van der Waals surface area contributed by atoms with Crippen molar-refractivity contribution in [1.29, 1.82) is 0 Å². The number of benzene rings is 2. The maximum Gasteiger partial charge on any atom is 0.340 e. The second kappa shape index (κ2) is 8.00. The van der Waals surface area contributed by atoms with Crippen LogP contribution in [0.4, 0.5) is 10.5 Å². The van der Waals surface area contributed by atoms with Crippen LogP contribution in [0.15, 0.2) is 35.2 Å². The summed E-state index contributed by atoms with van der Waals surface area (Å²) in [4.78, 5) is 38.6. The van der Waals surface area contributed by atoms with E-state index >= 15 is 0 Å². The van der Waals surface area contributed by atoms with Crippen LogP contribution in [0, 0.1) is 13.8 Å². The van der Waals surface area contributed by atoms with E-state index in [-0.39, 0.29) is 27.5 Å². The van der Waals surface area contributed by atoms with Crippen LogP contribution in [0.25, 0.3) is 6.08 Å². The molecule has 1 fully saturated rings. The van der Waals surface area contributed by atoms with Crippen LogP contribution < -0.4 is 14.4 Å². The van der Waals surface area contributed by atoms with Crippen LogP contribution in [0.2, 0.25) is 0 Å². The lowest BCUT2D eigenvalue weighted by Gasteiger charge is -2.16. The predicted octanol–water partition coefficient (Wildman–Crippen LogP) is 4.26. The number of carboxylic acid groups (broad SMARTS) is 1. The second-order valence-electron chi connectivity index (χ2n) is 6.38. The number of aryl methyl sites for hydroxylation is 2. The summed E-state index contributed by atoms with van der Waals surface area (Å²) in [5.74, 6) is -1.44. The Kier molecular flexibility index (Phi) is 5.65. The maximum atomic E-state index is 13.0. The molecule has 7 nitrogen and oxygen atoms in total. The minimum absolute atomic E-state index is 0.0440. The van der Waals surface area contributed by atoms with Gasteiger partial charge in [-0.3, -0.25) is 9.59 Å². The van der Waals surface area contributed by atoms with Crippen molar-refractivity contribution in [3.8, 4) is 11.5 Å². The molecule has 0 unspecified atom stereocenters. The molecule has 0 atom stereocenters. The number of imide groups is 1. The van der Waals surface area contributed by atoms with Crippen molar-refractivity contribution in [2.24, 2.45) is 0 Å². The van der Waals surface area contributed by atoms with Crippen molar-refractivity contribution >= 4 is 40.6 Å². The van der Waals surface area contributed by atoms with E-state index in [0.29, 0.717) is 5.69 Å². The average Bonchev–Trinajstić information content (AvgIpc) is 2.96. The number of thioether (sulfide) groups is 1. The molecule has 8 heteroatoms. The first-order valence-corrected chi connectivity index (χ1v) is 9.43. The van der Waals surface area contributed by atoms with Crippen LogP contribution in [0.5, 0.6) is 11.5 Å². The Labute approximate surface area is 171 Å². The fourth-order valence-electron chi connectivity index (χ4n) is 3.06. The van der Waals surface area contributed by atoms with Crippen LogP contribution in [-0.2, 0) is 4.79 Å². The van der Waals surface area contributed by atoms with E-state index in [2.05, 4.69) is 0 Å². The summed E-state index contributed by atoms with van der Waals surface area (Å²) in [6.45, 7) is 3.69. The fraction of sp³-hybridized carbons (Fsp3) is 0.190. The largest absolute Gasteiger partial charge is 0.493 e. The zero-order valence-electron chi connectivity index (χ0n) is 16.3. The molecule has 1 aliphatic rings. The van der Waals surface area contributed by atoms with Crippen LogP contribution in [0.3, 0.4) is 0 Å². The van der Waals surface area contributed by atoms with Gasteiger partial charge in [0.05, 0.1) is 24.8 Å². The molecule has 0 spiro atoms. The Hall–Kier alpha value is -3.26. The summed E-state index contributed by atoms with van der Waals surface area (Å²) < 4.78 is 10.3. The average molecular weight is 413 g/mol. The zero-order chi connectivity index (χ0) is 21.3. The molecular formula is C21H19NO6S. The van der Waals surface area contributed by atoms with Crippen LogP contribution in [0.1, 0.15) is 27.0 Å². The highest BCUT2D eigenvalue weighted by atomic mass is 32.2. The Balaban J connectivity index is 2.09. The van der Waals surface area contributed by atoms with Crippen molar-refractivity contribution in [1.82, 2.24) is 0 Å². The van der Waals surface area contributed by atoms with Gasteiger partial charge >= 0.3 is 5.97 Å². The minimum Gasteiger partial charge on any atom is -0.493 e. The smallest absolute Gasteiger partial charge is 0.340 e. The van der Waals surface area contributed by atoms with Crippen LogP contribution in [-0.4, -0.2) is 36.4 Å². The third kappa shape index (κ3) is 3.71. The van der Waals surface area contributed by atoms with Gasteiger partial charge in [-0.1, -0.05) is 18.2 Å². The Bertz CT molecular complexity index is 1060. The van der Waals surface area contributed by atoms with Gasteiger partial charge in [-0.2, -0.15) is 0 Å². The highest BCUT2D eigenvalue weighted by molar-refractivity contribution is 8.19. The molecule has 2 aromatic carbocycles. The number of amides is 2. The number of aromatic carboxylic acids is 1. The zero-order valence-corrected chi connectivity index (χ0v) is 17.1. The van der Waals surface area contributed by atoms with Gasteiger partial charge in [-0.15, -0.1) is 0 Å². The summed E-state index contributed by atoms with van der Waals surface area (Å²) in [5.41, 5.74) is 2.31. The summed E-state index contributed by atoms with van der Waals surface area (Å²) in [6.07, 6.45) is 1.39. The Morgan fingerprint density at radius 1 is 1.10 bits per heavy atom. The first-order valence-electron chi connectivity index (χ1n) is 8.62. The van der Waals surface area contributed by atoms with Gasteiger partial charge in [-0.05, 0) is 60.5 Å². The molecule has 1 N–H and O–H groups in total. The molecule has 0 saturated carbocycles. The number of carbonyl (C=O) groups is 3. The van der Waals surface area contributed by atoms with E-state index in [0.717, 1.165) is 27.8 Å². The maximum absolute atomic E-state index is 13.0. The van der Waals surface area contributed by atoms with Crippen molar-refractivity contribution in [3.05, 3.63) is 57.5 Å². The monoisotopic (exact) mass is 413 g/mol. The summed E-state index contributed by atoms with van der Waals surface area (Å²) in [6, 6.07) is 8.57. The molecule has 2 amide bonds. The van der Waals surface area contributed by atoms with E-state index < -0.39 is 17.1 Å². The number of rotatable bonds is 5. The highest BCUT2D eigenvalue weighted by Crippen LogP contribution is 2.40. The molecule has 2 aromatic rings. The first kappa shape index (κ1) is 20.5. The van der Waals surface area contributed by atoms with E-state index in [9.17, 15) is 19.5 Å². The Morgan fingerprint density at radius 2 is 1.83 bits per heavy atom.